The maximum atomic E-state index is 13.2. The van der Waals surface area contributed by atoms with Crippen LogP contribution in [0, 0.1) is 0 Å². The van der Waals surface area contributed by atoms with E-state index in [4.69, 9.17) is 0 Å². The van der Waals surface area contributed by atoms with Crippen LogP contribution in [0.25, 0.3) is 21.5 Å². The molecular weight excluding hydrogens is 524 g/mol. The minimum absolute atomic E-state index is 0.0246. The quantitative estimate of drug-likeness (QED) is 0.231. The predicted octanol–water partition coefficient (Wildman–Crippen LogP) is 5.19. The van der Waals surface area contributed by atoms with Crippen molar-refractivity contribution in [2.24, 2.45) is 0 Å². The minimum atomic E-state index is -0.285. The Morgan fingerprint density at radius 2 is 1.73 bits per heavy atom. The van der Waals surface area contributed by atoms with Crippen LogP contribution in [0.4, 0.5) is 11.6 Å². The fraction of sp³-hybridized carbons (Fsp3) is 0.167. The van der Waals surface area contributed by atoms with Gasteiger partial charge in [0.05, 0.1) is 22.5 Å². The van der Waals surface area contributed by atoms with Crippen molar-refractivity contribution in [3.8, 4) is 10.4 Å². The van der Waals surface area contributed by atoms with Gasteiger partial charge in [0.1, 0.15) is 0 Å². The lowest BCUT2D eigenvalue weighted by molar-refractivity contribution is -0.128. The van der Waals surface area contributed by atoms with Crippen LogP contribution in [0.5, 0.6) is 0 Å². The van der Waals surface area contributed by atoms with Gasteiger partial charge in [-0.15, -0.1) is 11.3 Å². The van der Waals surface area contributed by atoms with Gasteiger partial charge in [-0.05, 0) is 48.0 Å². The van der Waals surface area contributed by atoms with Gasteiger partial charge in [-0.1, -0.05) is 30.3 Å². The van der Waals surface area contributed by atoms with Crippen molar-refractivity contribution in [1.82, 2.24) is 19.4 Å². The summed E-state index contributed by atoms with van der Waals surface area (Å²) in [5, 5.41) is 6.10. The third-order valence-electron chi connectivity index (χ3n) is 6.37. The third-order valence-corrected chi connectivity index (χ3v) is 7.50. The van der Waals surface area contributed by atoms with Crippen molar-refractivity contribution < 1.29 is 14.4 Å². The molecule has 0 bridgehead atoms. The number of pyridine rings is 1. The van der Waals surface area contributed by atoms with Crippen molar-refractivity contribution >= 4 is 51.6 Å². The van der Waals surface area contributed by atoms with Crippen molar-refractivity contribution in [2.45, 2.75) is 13.0 Å². The molecule has 202 valence electrons. The van der Waals surface area contributed by atoms with E-state index in [1.807, 2.05) is 59.2 Å². The van der Waals surface area contributed by atoms with Gasteiger partial charge in [0.15, 0.2) is 5.78 Å². The van der Waals surface area contributed by atoms with Crippen molar-refractivity contribution in [3.05, 3.63) is 95.6 Å². The molecule has 10 heteroatoms. The van der Waals surface area contributed by atoms with Crippen LogP contribution in [0.1, 0.15) is 26.5 Å². The number of amides is 2. The lowest BCUT2D eigenvalue weighted by Gasteiger charge is -2.13. The number of thiophene rings is 1. The van der Waals surface area contributed by atoms with E-state index in [-0.39, 0.29) is 30.6 Å². The number of benzene rings is 2. The van der Waals surface area contributed by atoms with Crippen LogP contribution in [0.2, 0.25) is 0 Å². The first-order valence-corrected chi connectivity index (χ1v) is 13.5. The van der Waals surface area contributed by atoms with Crippen LogP contribution in [-0.2, 0) is 11.3 Å². The number of rotatable bonds is 10. The minimum Gasteiger partial charge on any atom is -0.378 e. The summed E-state index contributed by atoms with van der Waals surface area (Å²) in [6.07, 6.45) is 3.68. The zero-order chi connectivity index (χ0) is 28.1. The Labute approximate surface area is 235 Å². The van der Waals surface area contributed by atoms with E-state index in [1.54, 1.807) is 44.7 Å². The van der Waals surface area contributed by atoms with E-state index in [2.05, 4.69) is 20.6 Å². The second-order valence-electron chi connectivity index (χ2n) is 9.33. The molecule has 2 N–H and O–H groups in total. The number of Topliss-reactive ketones (excluding diaryl/α,β-unsaturated/α-hetero) is 1. The van der Waals surface area contributed by atoms with Gasteiger partial charge < -0.3 is 14.8 Å². The summed E-state index contributed by atoms with van der Waals surface area (Å²) in [6, 6.07) is 22.2. The zero-order valence-corrected chi connectivity index (χ0v) is 22.9. The molecule has 2 amide bonds. The molecule has 0 saturated heterocycles. The smallest absolute Gasteiger partial charge is 0.268 e. The van der Waals surface area contributed by atoms with E-state index < -0.39 is 0 Å². The number of nitrogens with zero attached hydrogens (tertiary/aromatic N) is 4. The summed E-state index contributed by atoms with van der Waals surface area (Å²) in [5.74, 6) is 0.0103. The predicted molar refractivity (Wildman–Crippen MR) is 158 cm³/mol. The van der Waals surface area contributed by atoms with E-state index in [1.165, 1.54) is 16.2 Å². The summed E-state index contributed by atoms with van der Waals surface area (Å²) in [6.45, 7) is 0.477. The number of nitrogens with one attached hydrogen (secondary N) is 2. The highest BCUT2D eigenvalue weighted by Crippen LogP contribution is 2.29. The third kappa shape index (κ3) is 6.08. The lowest BCUT2D eigenvalue weighted by atomic mass is 10.1. The monoisotopic (exact) mass is 552 g/mol. The van der Waals surface area contributed by atoms with Crippen molar-refractivity contribution in [1.29, 1.82) is 0 Å². The molecule has 3 heterocycles. The fourth-order valence-corrected chi connectivity index (χ4v) is 5.10. The van der Waals surface area contributed by atoms with Gasteiger partial charge >= 0.3 is 0 Å². The Morgan fingerprint density at radius 1 is 0.950 bits per heavy atom. The summed E-state index contributed by atoms with van der Waals surface area (Å²) in [5.41, 5.74) is 3.75. The molecule has 0 aliphatic carbocycles. The number of aryl methyl sites for hydroxylation is 1. The molecule has 0 aliphatic rings. The zero-order valence-electron chi connectivity index (χ0n) is 22.1. The Kier molecular flexibility index (Phi) is 7.97. The van der Waals surface area contributed by atoms with Crippen LogP contribution >= 0.6 is 11.3 Å². The van der Waals surface area contributed by atoms with Crippen molar-refractivity contribution in [3.63, 3.8) is 0 Å². The first-order valence-electron chi connectivity index (χ1n) is 12.7. The topological polar surface area (TPSA) is 109 Å². The number of carbonyl (C=O) groups excluding carboxylic acids is 3. The van der Waals surface area contributed by atoms with Crippen molar-refractivity contribution in [2.75, 3.05) is 31.3 Å². The van der Waals surface area contributed by atoms with Gasteiger partial charge in [-0.25, -0.2) is 4.98 Å². The molecule has 5 rings (SSSR count). The van der Waals surface area contributed by atoms with Gasteiger partial charge in [-0.2, -0.15) is 0 Å². The Balaban J connectivity index is 1.38. The number of anilines is 2. The van der Waals surface area contributed by atoms with Crippen LogP contribution < -0.4 is 10.6 Å². The summed E-state index contributed by atoms with van der Waals surface area (Å²) in [4.78, 5) is 49.9. The van der Waals surface area contributed by atoms with Crippen LogP contribution in [0.15, 0.2) is 85.2 Å². The molecule has 0 fully saturated rings. The number of hydrogen-bond acceptors (Lipinski definition) is 7. The number of fused-ring (bicyclic) bond motifs is 1. The highest BCUT2D eigenvalue weighted by molar-refractivity contribution is 7.17. The molecule has 9 nitrogen and oxygen atoms in total. The van der Waals surface area contributed by atoms with Crippen LogP contribution in [-0.4, -0.2) is 57.7 Å². The molecule has 0 saturated carbocycles. The summed E-state index contributed by atoms with van der Waals surface area (Å²) >= 11 is 1.38. The molecule has 0 spiro atoms. The van der Waals surface area contributed by atoms with Gasteiger partial charge in [0.25, 0.3) is 5.91 Å². The highest BCUT2D eigenvalue weighted by Gasteiger charge is 2.18. The number of carbonyl (C=O) groups is 3. The number of imidazole rings is 1. The molecule has 0 atom stereocenters. The first-order chi connectivity index (χ1) is 19.4. The van der Waals surface area contributed by atoms with Crippen LogP contribution in [0.3, 0.4) is 0 Å². The Bertz CT molecular complexity index is 1660. The second-order valence-corrected chi connectivity index (χ2v) is 10.4. The molecule has 5 aromatic rings. The highest BCUT2D eigenvalue weighted by atomic mass is 32.1. The molecule has 0 aliphatic heterocycles. The largest absolute Gasteiger partial charge is 0.378 e. The molecule has 40 heavy (non-hydrogen) atoms. The Morgan fingerprint density at radius 3 is 2.48 bits per heavy atom. The van der Waals surface area contributed by atoms with E-state index in [9.17, 15) is 14.4 Å². The Hall–Kier alpha value is -4.83. The molecule has 3 aromatic heterocycles. The average molecular weight is 553 g/mol. The molecule has 2 aromatic carbocycles. The van der Waals surface area contributed by atoms with Gasteiger partial charge in [-0.3, -0.25) is 24.7 Å². The summed E-state index contributed by atoms with van der Waals surface area (Å²) in [7, 11) is 3.42. The molecule has 0 unspecified atom stereocenters. The lowest BCUT2D eigenvalue weighted by Crippen LogP contribution is -2.23. The number of hydrogen-bond donors (Lipinski definition) is 2. The molecular formula is C30H28N6O3S. The average Bonchev–Trinajstić information content (AvgIpc) is 3.60. The van der Waals surface area contributed by atoms with E-state index >= 15 is 0 Å². The SMILES string of the molecule is CN(C)C(=O)CCn1c(NC(=O)c2ccc(-c3ccncc3)s2)nc2cc(NCC(=O)c3ccccc3)ccc21. The maximum Gasteiger partial charge on any atom is 0.268 e. The van der Waals surface area contributed by atoms with E-state index in [0.717, 1.165) is 21.6 Å². The molecule has 0 radical (unpaired) electrons. The first kappa shape index (κ1) is 26.8. The van der Waals surface area contributed by atoms with Gasteiger partial charge in [0.2, 0.25) is 11.9 Å². The van der Waals surface area contributed by atoms with Gasteiger partial charge in [0, 0.05) is 55.6 Å². The maximum absolute atomic E-state index is 13.2. The summed E-state index contributed by atoms with van der Waals surface area (Å²) < 4.78 is 1.84. The fourth-order valence-electron chi connectivity index (χ4n) is 4.20. The normalized spacial score (nSPS) is 10.8. The number of ketones is 1. The standard InChI is InChI=1S/C30H28N6O3S/c1-35(2)28(38)14-17-36-24-9-8-22(32-19-25(37)20-6-4-3-5-7-20)18-23(24)33-30(36)34-29(39)27-11-10-26(40-27)21-12-15-31-16-13-21/h3-13,15-16,18,32H,14,17,19H2,1-2H3,(H,33,34,39). The number of aromatic nitrogens is 3. The second kappa shape index (κ2) is 11.9. The van der Waals surface area contributed by atoms with E-state index in [0.29, 0.717) is 28.5 Å².